The molecule has 21 heavy (non-hydrogen) atoms. The zero-order valence-corrected chi connectivity index (χ0v) is 12.4. The van der Waals surface area contributed by atoms with Gasteiger partial charge in [0.2, 0.25) is 5.91 Å². The molecule has 1 atom stereocenters. The topological polar surface area (TPSA) is 67.4 Å². The molecule has 2 N–H and O–H groups in total. The molecule has 1 aliphatic rings. The van der Waals surface area contributed by atoms with Crippen LogP contribution in [0.5, 0.6) is 0 Å². The van der Waals surface area contributed by atoms with Gasteiger partial charge in [-0.25, -0.2) is 0 Å². The Bertz CT molecular complexity index is 496. The molecule has 2 rings (SSSR count). The van der Waals surface area contributed by atoms with E-state index in [1.54, 1.807) is 24.3 Å². The molecule has 5 heteroatoms. The molecule has 1 aromatic rings. The zero-order chi connectivity index (χ0) is 15.1. The van der Waals surface area contributed by atoms with Crippen molar-refractivity contribution in [2.24, 2.45) is 0 Å². The monoisotopic (exact) mass is 290 g/mol. The molecule has 114 valence electrons. The van der Waals surface area contributed by atoms with Crippen molar-refractivity contribution in [2.45, 2.75) is 38.7 Å². The van der Waals surface area contributed by atoms with E-state index in [0.717, 1.165) is 25.9 Å². The highest BCUT2D eigenvalue weighted by molar-refractivity contribution is 6.03. The number of para-hydroxylation sites is 1. The summed E-state index contributed by atoms with van der Waals surface area (Å²) in [4.78, 5) is 23.9. The Labute approximate surface area is 125 Å². The molecule has 1 saturated heterocycles. The van der Waals surface area contributed by atoms with Crippen LogP contribution >= 0.6 is 0 Å². The van der Waals surface area contributed by atoms with Gasteiger partial charge in [-0.2, -0.15) is 0 Å². The highest BCUT2D eigenvalue weighted by Gasteiger charge is 2.18. The number of carbonyl (C=O) groups excluding carboxylic acids is 2. The maximum atomic E-state index is 12.2. The van der Waals surface area contributed by atoms with Crippen molar-refractivity contribution in [2.75, 3.05) is 18.5 Å². The molecule has 1 fully saturated rings. The van der Waals surface area contributed by atoms with Crippen LogP contribution in [0, 0.1) is 0 Å². The Morgan fingerprint density at radius 2 is 2.14 bits per heavy atom. The van der Waals surface area contributed by atoms with Gasteiger partial charge < -0.3 is 15.4 Å². The summed E-state index contributed by atoms with van der Waals surface area (Å²) in [7, 11) is 0. The molecular formula is C16H22N2O3. The SMILES string of the molecule is CCCC(=O)Nc1ccccc1C(=O)NC[C@H]1CCCO1. The molecule has 0 bridgehead atoms. The van der Waals surface area contributed by atoms with E-state index in [4.69, 9.17) is 4.74 Å². The summed E-state index contributed by atoms with van der Waals surface area (Å²) >= 11 is 0. The lowest BCUT2D eigenvalue weighted by Crippen LogP contribution is -2.32. The number of anilines is 1. The zero-order valence-electron chi connectivity index (χ0n) is 12.4. The number of hydrogen-bond donors (Lipinski definition) is 2. The number of rotatable bonds is 6. The third-order valence-electron chi connectivity index (χ3n) is 3.44. The first kappa shape index (κ1) is 15.5. The highest BCUT2D eigenvalue weighted by atomic mass is 16.5. The van der Waals surface area contributed by atoms with Crippen molar-refractivity contribution in [1.29, 1.82) is 0 Å². The van der Waals surface area contributed by atoms with E-state index in [2.05, 4.69) is 10.6 Å². The standard InChI is InChI=1S/C16H22N2O3/c1-2-6-15(19)18-14-9-4-3-8-13(14)16(20)17-11-12-7-5-10-21-12/h3-4,8-9,12H,2,5-7,10-11H2,1H3,(H,17,20)(H,18,19)/t12-/m1/s1. The van der Waals surface area contributed by atoms with Crippen LogP contribution in [0.2, 0.25) is 0 Å². The predicted octanol–water partition coefficient (Wildman–Crippen LogP) is 2.33. The molecule has 1 aromatic carbocycles. The van der Waals surface area contributed by atoms with Gasteiger partial charge in [0, 0.05) is 19.6 Å². The quantitative estimate of drug-likeness (QED) is 0.845. The molecule has 0 saturated carbocycles. The van der Waals surface area contributed by atoms with E-state index < -0.39 is 0 Å². The summed E-state index contributed by atoms with van der Waals surface area (Å²) in [5.41, 5.74) is 1.04. The molecule has 0 aliphatic carbocycles. The molecule has 0 aromatic heterocycles. The molecule has 0 spiro atoms. The van der Waals surface area contributed by atoms with Gasteiger partial charge in [-0.05, 0) is 31.4 Å². The molecule has 1 aliphatic heterocycles. The molecular weight excluding hydrogens is 268 g/mol. The maximum Gasteiger partial charge on any atom is 0.253 e. The summed E-state index contributed by atoms with van der Waals surface area (Å²) in [6.07, 6.45) is 3.36. The number of hydrogen-bond acceptors (Lipinski definition) is 3. The Morgan fingerprint density at radius 3 is 2.86 bits per heavy atom. The van der Waals surface area contributed by atoms with Crippen LogP contribution in [-0.2, 0) is 9.53 Å². The van der Waals surface area contributed by atoms with Crippen molar-refractivity contribution >= 4 is 17.5 Å². The first-order valence-electron chi connectivity index (χ1n) is 7.49. The maximum absolute atomic E-state index is 12.2. The second-order valence-electron chi connectivity index (χ2n) is 5.19. The highest BCUT2D eigenvalue weighted by Crippen LogP contribution is 2.16. The van der Waals surface area contributed by atoms with Gasteiger partial charge in [-0.3, -0.25) is 9.59 Å². The fraction of sp³-hybridized carbons (Fsp3) is 0.500. The van der Waals surface area contributed by atoms with E-state index >= 15 is 0 Å². The van der Waals surface area contributed by atoms with E-state index in [-0.39, 0.29) is 17.9 Å². The number of ether oxygens (including phenoxy) is 1. The minimum atomic E-state index is -0.183. The van der Waals surface area contributed by atoms with Gasteiger partial charge in [0.1, 0.15) is 0 Å². The number of benzene rings is 1. The van der Waals surface area contributed by atoms with Gasteiger partial charge in [0.05, 0.1) is 17.4 Å². The van der Waals surface area contributed by atoms with Crippen LogP contribution in [0.25, 0.3) is 0 Å². The van der Waals surface area contributed by atoms with Crippen LogP contribution in [0.15, 0.2) is 24.3 Å². The summed E-state index contributed by atoms with van der Waals surface area (Å²) < 4.78 is 5.48. The predicted molar refractivity (Wildman–Crippen MR) is 81.3 cm³/mol. The number of nitrogens with one attached hydrogen (secondary N) is 2. The number of amides is 2. The summed E-state index contributed by atoms with van der Waals surface area (Å²) in [5.74, 6) is -0.255. The molecule has 2 amide bonds. The van der Waals surface area contributed by atoms with Crippen molar-refractivity contribution in [1.82, 2.24) is 5.32 Å². The number of carbonyl (C=O) groups is 2. The second kappa shape index (κ2) is 7.78. The molecule has 0 radical (unpaired) electrons. The van der Waals surface area contributed by atoms with Gasteiger partial charge in [-0.1, -0.05) is 19.1 Å². The van der Waals surface area contributed by atoms with Crippen LogP contribution in [0.4, 0.5) is 5.69 Å². The molecule has 0 unspecified atom stereocenters. The molecule has 1 heterocycles. The van der Waals surface area contributed by atoms with Crippen LogP contribution < -0.4 is 10.6 Å². The van der Waals surface area contributed by atoms with Crippen molar-refractivity contribution in [3.8, 4) is 0 Å². The Morgan fingerprint density at radius 1 is 1.33 bits per heavy atom. The van der Waals surface area contributed by atoms with Crippen molar-refractivity contribution in [3.05, 3.63) is 29.8 Å². The van der Waals surface area contributed by atoms with E-state index in [0.29, 0.717) is 24.2 Å². The van der Waals surface area contributed by atoms with Crippen LogP contribution in [0.1, 0.15) is 43.0 Å². The second-order valence-corrected chi connectivity index (χ2v) is 5.19. The third-order valence-corrected chi connectivity index (χ3v) is 3.44. The van der Waals surface area contributed by atoms with Gasteiger partial charge in [0.15, 0.2) is 0 Å². The third kappa shape index (κ3) is 4.56. The summed E-state index contributed by atoms with van der Waals surface area (Å²) in [5, 5.41) is 5.66. The van der Waals surface area contributed by atoms with E-state index in [9.17, 15) is 9.59 Å². The van der Waals surface area contributed by atoms with Crippen molar-refractivity contribution in [3.63, 3.8) is 0 Å². The Kier molecular flexibility index (Phi) is 5.75. The summed E-state index contributed by atoms with van der Waals surface area (Å²) in [6, 6.07) is 7.05. The van der Waals surface area contributed by atoms with Gasteiger partial charge >= 0.3 is 0 Å². The minimum absolute atomic E-state index is 0.0723. The first-order valence-corrected chi connectivity index (χ1v) is 7.49. The Balaban J connectivity index is 1.97. The largest absolute Gasteiger partial charge is 0.376 e. The first-order chi connectivity index (χ1) is 10.2. The minimum Gasteiger partial charge on any atom is -0.376 e. The normalized spacial score (nSPS) is 17.5. The van der Waals surface area contributed by atoms with Crippen LogP contribution in [-0.4, -0.2) is 31.1 Å². The average molecular weight is 290 g/mol. The summed E-state index contributed by atoms with van der Waals surface area (Å²) in [6.45, 7) is 3.22. The van der Waals surface area contributed by atoms with E-state index in [1.165, 1.54) is 0 Å². The fourth-order valence-corrected chi connectivity index (χ4v) is 2.34. The van der Waals surface area contributed by atoms with Crippen molar-refractivity contribution < 1.29 is 14.3 Å². The smallest absolute Gasteiger partial charge is 0.253 e. The Hall–Kier alpha value is -1.88. The molecule has 5 nitrogen and oxygen atoms in total. The lowest BCUT2D eigenvalue weighted by atomic mass is 10.1. The fourth-order valence-electron chi connectivity index (χ4n) is 2.34. The van der Waals surface area contributed by atoms with Gasteiger partial charge in [-0.15, -0.1) is 0 Å². The van der Waals surface area contributed by atoms with E-state index in [1.807, 2.05) is 6.92 Å². The van der Waals surface area contributed by atoms with Crippen LogP contribution in [0.3, 0.4) is 0 Å². The van der Waals surface area contributed by atoms with Gasteiger partial charge in [0.25, 0.3) is 5.91 Å². The lowest BCUT2D eigenvalue weighted by Gasteiger charge is -2.13. The average Bonchev–Trinajstić information content (AvgIpc) is 2.99. The lowest BCUT2D eigenvalue weighted by molar-refractivity contribution is -0.116.